The highest BCUT2D eigenvalue weighted by atomic mass is 35.5. The Kier molecular flexibility index (Phi) is 6.61. The monoisotopic (exact) mass is 429 g/mol. The highest BCUT2D eigenvalue weighted by Gasteiger charge is 2.34. The number of esters is 1. The molecule has 0 bridgehead atoms. The molecule has 1 saturated carbocycles. The number of thiocarbonyl (C=S) groups is 1. The lowest BCUT2D eigenvalue weighted by atomic mass is 9.98. The summed E-state index contributed by atoms with van der Waals surface area (Å²) in [6.07, 6.45) is 6.76. The molecule has 0 spiro atoms. The first kappa shape index (κ1) is 19.7. The summed E-state index contributed by atoms with van der Waals surface area (Å²) in [5.41, 5.74) is 0.740. The molecule has 0 unspecified atom stereocenters. The van der Waals surface area contributed by atoms with Gasteiger partial charge in [-0.1, -0.05) is 59.7 Å². The van der Waals surface area contributed by atoms with Crippen molar-refractivity contribution in [3.63, 3.8) is 0 Å². The summed E-state index contributed by atoms with van der Waals surface area (Å²) in [5.74, 6) is -0.712. The van der Waals surface area contributed by atoms with Gasteiger partial charge in [-0.15, -0.1) is 0 Å². The van der Waals surface area contributed by atoms with Gasteiger partial charge in [0, 0.05) is 0 Å². The third-order valence-corrected chi connectivity index (χ3v) is 6.37. The number of nitrogens with zero attached hydrogens (tertiary/aromatic N) is 1. The second kappa shape index (κ2) is 8.74. The average Bonchev–Trinajstić information content (AvgIpc) is 2.86. The van der Waals surface area contributed by atoms with Crippen LogP contribution in [0, 0.1) is 0 Å². The molecular weight excluding hydrogens is 413 g/mol. The molecule has 3 rings (SSSR count). The molecule has 4 nitrogen and oxygen atoms in total. The molecule has 1 saturated heterocycles. The van der Waals surface area contributed by atoms with Gasteiger partial charge in [-0.2, -0.15) is 0 Å². The first-order valence-corrected chi connectivity index (χ1v) is 10.3. The minimum absolute atomic E-state index is 0.0404. The van der Waals surface area contributed by atoms with Crippen LogP contribution in [-0.2, 0) is 14.3 Å². The van der Waals surface area contributed by atoms with Gasteiger partial charge in [-0.3, -0.25) is 14.5 Å². The van der Waals surface area contributed by atoms with Crippen LogP contribution in [0.2, 0.25) is 10.0 Å². The first-order chi connectivity index (χ1) is 12.4. The van der Waals surface area contributed by atoms with Crippen LogP contribution in [-0.4, -0.2) is 33.7 Å². The number of ether oxygens (including phenoxy) is 1. The molecule has 2 fully saturated rings. The second-order valence-electron chi connectivity index (χ2n) is 6.19. The lowest BCUT2D eigenvalue weighted by Gasteiger charge is -2.23. The molecule has 1 heterocycles. The number of thioether (sulfide) groups is 1. The summed E-state index contributed by atoms with van der Waals surface area (Å²) >= 11 is 18.3. The quantitative estimate of drug-likeness (QED) is 0.379. The van der Waals surface area contributed by atoms with Crippen LogP contribution in [0.15, 0.2) is 23.1 Å². The van der Waals surface area contributed by atoms with E-state index in [-0.39, 0.29) is 18.6 Å². The number of rotatable bonds is 4. The fraction of sp³-hybridized carbons (Fsp3) is 0.389. The van der Waals surface area contributed by atoms with Crippen LogP contribution in [0.3, 0.4) is 0 Å². The Hall–Kier alpha value is -1.08. The summed E-state index contributed by atoms with van der Waals surface area (Å²) in [7, 11) is 0. The van der Waals surface area contributed by atoms with E-state index in [4.69, 9.17) is 40.2 Å². The van der Waals surface area contributed by atoms with E-state index in [2.05, 4.69) is 0 Å². The largest absolute Gasteiger partial charge is 0.461 e. The van der Waals surface area contributed by atoms with E-state index in [9.17, 15) is 9.59 Å². The highest BCUT2D eigenvalue weighted by Crippen LogP contribution is 2.33. The highest BCUT2D eigenvalue weighted by molar-refractivity contribution is 8.26. The van der Waals surface area contributed by atoms with Crippen molar-refractivity contribution in [3.05, 3.63) is 38.7 Å². The fourth-order valence-electron chi connectivity index (χ4n) is 2.93. The van der Waals surface area contributed by atoms with Gasteiger partial charge in [0.1, 0.15) is 17.0 Å². The Morgan fingerprint density at radius 3 is 2.69 bits per heavy atom. The number of halogens is 2. The third-order valence-electron chi connectivity index (χ3n) is 4.25. The average molecular weight is 430 g/mol. The second-order valence-corrected chi connectivity index (χ2v) is 8.68. The van der Waals surface area contributed by atoms with E-state index in [1.165, 1.54) is 11.3 Å². The standard InChI is InChI=1S/C18H17Cl2NO3S2/c19-13-7-6-11(8-14(13)20)9-15-17(23)21(18(25)26-15)10-16(22)24-12-4-2-1-3-5-12/h6-9,12H,1-5,10H2/b15-9-. The van der Waals surface area contributed by atoms with E-state index in [0.29, 0.717) is 19.3 Å². The van der Waals surface area contributed by atoms with E-state index in [1.807, 2.05) is 0 Å². The van der Waals surface area contributed by atoms with Crippen molar-refractivity contribution in [2.24, 2.45) is 0 Å². The maximum atomic E-state index is 12.6. The topological polar surface area (TPSA) is 46.6 Å². The molecule has 8 heteroatoms. The molecule has 1 aromatic carbocycles. The number of carbonyl (C=O) groups is 2. The smallest absolute Gasteiger partial charge is 0.326 e. The molecule has 1 aliphatic heterocycles. The van der Waals surface area contributed by atoms with Crippen LogP contribution in [0.25, 0.3) is 6.08 Å². The van der Waals surface area contributed by atoms with Crippen molar-refractivity contribution in [2.45, 2.75) is 38.2 Å². The minimum Gasteiger partial charge on any atom is -0.461 e. The predicted octanol–water partition coefficient (Wildman–Crippen LogP) is 5.07. The molecule has 26 heavy (non-hydrogen) atoms. The van der Waals surface area contributed by atoms with Crippen LogP contribution in [0.4, 0.5) is 0 Å². The predicted molar refractivity (Wildman–Crippen MR) is 109 cm³/mol. The van der Waals surface area contributed by atoms with Crippen molar-refractivity contribution in [1.82, 2.24) is 4.90 Å². The van der Waals surface area contributed by atoms with Gasteiger partial charge in [-0.05, 0) is 49.5 Å². The number of hydrogen-bond acceptors (Lipinski definition) is 5. The molecule has 0 radical (unpaired) electrons. The third kappa shape index (κ3) is 4.80. The maximum absolute atomic E-state index is 12.6. The normalized spacial score (nSPS) is 20.1. The van der Waals surface area contributed by atoms with Gasteiger partial charge in [0.05, 0.1) is 15.0 Å². The molecule has 2 aliphatic rings. The molecule has 0 atom stereocenters. The summed E-state index contributed by atoms with van der Waals surface area (Å²) in [6, 6.07) is 5.10. The summed E-state index contributed by atoms with van der Waals surface area (Å²) in [6.45, 7) is -0.153. The van der Waals surface area contributed by atoms with Crippen molar-refractivity contribution < 1.29 is 14.3 Å². The van der Waals surface area contributed by atoms with Crippen LogP contribution < -0.4 is 0 Å². The molecular formula is C18H17Cl2NO3S2. The lowest BCUT2D eigenvalue weighted by molar-refractivity contribution is -0.152. The van der Waals surface area contributed by atoms with E-state index < -0.39 is 5.97 Å². The number of benzene rings is 1. The number of carbonyl (C=O) groups excluding carboxylic acids is 2. The van der Waals surface area contributed by atoms with E-state index >= 15 is 0 Å². The zero-order valence-electron chi connectivity index (χ0n) is 13.9. The van der Waals surface area contributed by atoms with Crippen LogP contribution >= 0.6 is 47.2 Å². The molecule has 0 N–H and O–H groups in total. The Bertz CT molecular complexity index is 776. The Labute approximate surface area is 171 Å². The lowest BCUT2D eigenvalue weighted by Crippen LogP contribution is -2.36. The Morgan fingerprint density at radius 1 is 1.27 bits per heavy atom. The van der Waals surface area contributed by atoms with Gasteiger partial charge in [0.25, 0.3) is 5.91 Å². The Balaban J connectivity index is 1.65. The molecule has 1 aromatic rings. The van der Waals surface area contributed by atoms with E-state index in [0.717, 1.165) is 43.0 Å². The molecule has 138 valence electrons. The minimum atomic E-state index is -0.413. The summed E-state index contributed by atoms with van der Waals surface area (Å²) in [4.78, 5) is 26.5. The van der Waals surface area contributed by atoms with Crippen molar-refractivity contribution in [3.8, 4) is 0 Å². The summed E-state index contributed by atoms with van der Waals surface area (Å²) in [5, 5.41) is 0.855. The fourth-order valence-corrected chi connectivity index (χ4v) is 4.49. The van der Waals surface area contributed by atoms with E-state index in [1.54, 1.807) is 24.3 Å². The maximum Gasteiger partial charge on any atom is 0.326 e. The number of amides is 1. The molecule has 0 aromatic heterocycles. The van der Waals surface area contributed by atoms with Crippen LogP contribution in [0.5, 0.6) is 0 Å². The Morgan fingerprint density at radius 2 is 2.00 bits per heavy atom. The van der Waals surface area contributed by atoms with Crippen molar-refractivity contribution in [2.75, 3.05) is 6.54 Å². The zero-order valence-corrected chi connectivity index (χ0v) is 17.0. The SMILES string of the molecule is O=C(CN1C(=O)/C(=C/c2ccc(Cl)c(Cl)c2)SC1=S)OC1CCCCC1. The van der Waals surface area contributed by atoms with Crippen LogP contribution in [0.1, 0.15) is 37.7 Å². The van der Waals surface area contributed by atoms with Gasteiger partial charge >= 0.3 is 5.97 Å². The van der Waals surface area contributed by atoms with Gasteiger partial charge in [0.2, 0.25) is 0 Å². The van der Waals surface area contributed by atoms with Gasteiger partial charge < -0.3 is 4.74 Å². The molecule has 1 aliphatic carbocycles. The molecule has 1 amide bonds. The zero-order chi connectivity index (χ0) is 18.7. The van der Waals surface area contributed by atoms with Gasteiger partial charge in [-0.25, -0.2) is 0 Å². The van der Waals surface area contributed by atoms with Gasteiger partial charge in [0.15, 0.2) is 0 Å². The number of hydrogen-bond donors (Lipinski definition) is 0. The van der Waals surface area contributed by atoms with Crippen molar-refractivity contribution in [1.29, 1.82) is 0 Å². The van der Waals surface area contributed by atoms with Crippen molar-refractivity contribution >= 4 is 69.5 Å². The first-order valence-electron chi connectivity index (χ1n) is 8.34. The summed E-state index contributed by atoms with van der Waals surface area (Å²) < 4.78 is 5.83.